The fourth-order valence-electron chi connectivity index (χ4n) is 1.98. The zero-order valence-corrected chi connectivity index (χ0v) is 12.9. The molecule has 0 radical (unpaired) electrons. The number of hydrogen-bond acceptors (Lipinski definition) is 2. The summed E-state index contributed by atoms with van der Waals surface area (Å²) in [4.78, 5) is 11.5. The Morgan fingerprint density at radius 1 is 1.14 bits per heavy atom. The third-order valence-corrected chi connectivity index (χ3v) is 4.84. The third kappa shape index (κ3) is 4.41. The highest BCUT2D eigenvalue weighted by atomic mass is 35.5. The Morgan fingerprint density at radius 2 is 1.86 bits per heavy atom. The molecule has 5 heteroatoms. The van der Waals surface area contributed by atoms with Crippen LogP contribution in [0.15, 0.2) is 53.4 Å². The number of carboxylic acids is 1. The zero-order valence-electron chi connectivity index (χ0n) is 11.3. The van der Waals surface area contributed by atoms with E-state index in [1.165, 1.54) is 17.7 Å². The summed E-state index contributed by atoms with van der Waals surface area (Å²) in [6, 6.07) is 14.5. The predicted molar refractivity (Wildman–Crippen MR) is 84.4 cm³/mol. The Hall–Kier alpha value is -1.65. The van der Waals surface area contributed by atoms with Gasteiger partial charge in [0.05, 0.1) is 21.4 Å². The van der Waals surface area contributed by atoms with E-state index in [0.29, 0.717) is 10.6 Å². The van der Waals surface area contributed by atoms with Crippen molar-refractivity contribution in [3.8, 4) is 0 Å². The molecule has 0 saturated heterocycles. The topological polar surface area (TPSA) is 54.4 Å². The minimum absolute atomic E-state index is 0.00873. The van der Waals surface area contributed by atoms with Crippen LogP contribution in [0, 0.1) is 0 Å². The van der Waals surface area contributed by atoms with E-state index in [2.05, 4.69) is 0 Å². The molecule has 3 nitrogen and oxygen atoms in total. The number of halogens is 1. The van der Waals surface area contributed by atoms with Crippen molar-refractivity contribution >= 4 is 28.4 Å². The fraction of sp³-hybridized carbons (Fsp3) is 0.188. The Morgan fingerprint density at radius 3 is 2.52 bits per heavy atom. The van der Waals surface area contributed by atoms with Crippen molar-refractivity contribution in [2.45, 2.75) is 17.7 Å². The van der Waals surface area contributed by atoms with Gasteiger partial charge in [-0.3, -0.25) is 4.21 Å². The van der Waals surface area contributed by atoms with Gasteiger partial charge in [-0.25, -0.2) is 4.79 Å². The molecular weight excluding hydrogens is 308 g/mol. The first-order chi connectivity index (χ1) is 10.1. The first-order valence-corrected chi connectivity index (χ1v) is 8.23. The third-order valence-electron chi connectivity index (χ3n) is 3.07. The van der Waals surface area contributed by atoms with Crippen LogP contribution in [-0.2, 0) is 17.2 Å². The van der Waals surface area contributed by atoms with E-state index >= 15 is 0 Å². The maximum absolute atomic E-state index is 12.2. The van der Waals surface area contributed by atoms with Crippen molar-refractivity contribution in [1.82, 2.24) is 0 Å². The van der Waals surface area contributed by atoms with Gasteiger partial charge >= 0.3 is 5.97 Å². The molecule has 1 atom stereocenters. The summed E-state index contributed by atoms with van der Waals surface area (Å²) >= 11 is 5.80. The summed E-state index contributed by atoms with van der Waals surface area (Å²) < 4.78 is 12.2. The normalized spacial score (nSPS) is 12.0. The molecule has 0 aliphatic rings. The van der Waals surface area contributed by atoms with Gasteiger partial charge in [-0.05, 0) is 36.6 Å². The molecule has 2 aromatic carbocycles. The van der Waals surface area contributed by atoms with Gasteiger partial charge in [-0.15, -0.1) is 0 Å². The molecule has 0 fully saturated rings. The van der Waals surface area contributed by atoms with E-state index in [1.54, 1.807) is 6.07 Å². The lowest BCUT2D eigenvalue weighted by molar-refractivity contribution is 0.0697. The smallest absolute Gasteiger partial charge is 0.337 e. The van der Waals surface area contributed by atoms with Crippen LogP contribution in [0.25, 0.3) is 0 Å². The molecule has 0 aliphatic carbocycles. The number of hydrogen-bond donors (Lipinski definition) is 1. The number of carbonyl (C=O) groups is 1. The largest absolute Gasteiger partial charge is 0.478 e. The molecule has 21 heavy (non-hydrogen) atoms. The lowest BCUT2D eigenvalue weighted by atomic mass is 10.1. The summed E-state index contributed by atoms with van der Waals surface area (Å²) in [6.45, 7) is 0. The molecule has 2 aromatic rings. The van der Waals surface area contributed by atoms with Crippen LogP contribution in [-0.4, -0.2) is 21.0 Å². The quantitative estimate of drug-likeness (QED) is 0.880. The van der Waals surface area contributed by atoms with Gasteiger partial charge in [-0.1, -0.05) is 41.9 Å². The summed E-state index contributed by atoms with van der Waals surface area (Å²) in [5.41, 5.74) is 1.20. The molecule has 0 bridgehead atoms. The van der Waals surface area contributed by atoms with E-state index in [1.807, 2.05) is 30.3 Å². The molecule has 0 spiro atoms. The molecular formula is C16H15ClO3S. The Bertz CT molecular complexity index is 656. The summed E-state index contributed by atoms with van der Waals surface area (Å²) in [5.74, 6) is -0.613. The number of benzene rings is 2. The maximum Gasteiger partial charge on any atom is 0.337 e. The lowest BCUT2D eigenvalue weighted by Crippen LogP contribution is -2.03. The molecule has 1 N–H and O–H groups in total. The minimum Gasteiger partial charge on any atom is -0.478 e. The first-order valence-electron chi connectivity index (χ1n) is 6.53. The van der Waals surface area contributed by atoms with Crippen molar-refractivity contribution in [2.75, 3.05) is 5.75 Å². The maximum atomic E-state index is 12.2. The summed E-state index contributed by atoms with van der Waals surface area (Å²) in [6.07, 6.45) is 1.63. The standard InChI is InChI=1S/C16H15ClO3S/c17-15-9-8-13(11-14(15)16(18)19)21(20)10-4-7-12-5-2-1-3-6-12/h1-3,5-6,8-9,11H,4,7,10H2,(H,18,19). The van der Waals surface area contributed by atoms with Crippen LogP contribution in [0.2, 0.25) is 5.02 Å². The second-order valence-electron chi connectivity index (χ2n) is 4.59. The van der Waals surface area contributed by atoms with Crippen LogP contribution in [0.1, 0.15) is 22.3 Å². The Kier molecular flexibility index (Phi) is 5.53. The van der Waals surface area contributed by atoms with E-state index < -0.39 is 16.8 Å². The summed E-state index contributed by atoms with van der Waals surface area (Å²) in [5, 5.41) is 9.17. The van der Waals surface area contributed by atoms with Crippen molar-refractivity contribution < 1.29 is 14.1 Å². The van der Waals surface area contributed by atoms with Crippen LogP contribution < -0.4 is 0 Å². The fourth-order valence-corrected chi connectivity index (χ4v) is 3.29. The second-order valence-corrected chi connectivity index (χ2v) is 6.56. The van der Waals surface area contributed by atoms with Crippen molar-refractivity contribution in [2.24, 2.45) is 0 Å². The van der Waals surface area contributed by atoms with Crippen LogP contribution in [0.4, 0.5) is 0 Å². The molecule has 0 heterocycles. The Labute approximate surface area is 131 Å². The van der Waals surface area contributed by atoms with Crippen LogP contribution in [0.5, 0.6) is 0 Å². The van der Waals surface area contributed by atoms with E-state index in [9.17, 15) is 9.00 Å². The molecule has 2 rings (SSSR count). The minimum atomic E-state index is -1.21. The highest BCUT2D eigenvalue weighted by Gasteiger charge is 2.12. The second kappa shape index (κ2) is 7.38. The number of carboxylic acid groups (broad SMARTS) is 1. The van der Waals surface area contributed by atoms with Gasteiger partial charge in [-0.2, -0.15) is 0 Å². The highest BCUT2D eigenvalue weighted by Crippen LogP contribution is 2.20. The predicted octanol–water partition coefficient (Wildman–Crippen LogP) is 3.78. The van der Waals surface area contributed by atoms with Gasteiger partial charge in [0.25, 0.3) is 0 Å². The van der Waals surface area contributed by atoms with Gasteiger partial charge in [0, 0.05) is 10.6 Å². The molecule has 110 valence electrons. The highest BCUT2D eigenvalue weighted by molar-refractivity contribution is 7.85. The lowest BCUT2D eigenvalue weighted by Gasteiger charge is -2.05. The molecule has 0 saturated carbocycles. The van der Waals surface area contributed by atoms with Crippen molar-refractivity contribution in [1.29, 1.82) is 0 Å². The average molecular weight is 323 g/mol. The van der Waals surface area contributed by atoms with Crippen LogP contribution in [0.3, 0.4) is 0 Å². The SMILES string of the molecule is O=C(O)c1cc(S(=O)CCCc2ccccc2)ccc1Cl. The molecule has 0 amide bonds. The molecule has 0 aliphatic heterocycles. The number of aromatic carboxylic acids is 1. The van der Waals surface area contributed by atoms with Crippen molar-refractivity contribution in [3.05, 3.63) is 64.7 Å². The number of aryl methyl sites for hydroxylation is 1. The average Bonchev–Trinajstić information content (AvgIpc) is 2.48. The zero-order chi connectivity index (χ0) is 15.2. The Balaban J connectivity index is 1.97. The summed E-state index contributed by atoms with van der Waals surface area (Å²) in [7, 11) is -1.21. The van der Waals surface area contributed by atoms with E-state index in [-0.39, 0.29) is 10.6 Å². The van der Waals surface area contributed by atoms with Crippen LogP contribution >= 0.6 is 11.6 Å². The van der Waals surface area contributed by atoms with Gasteiger partial charge < -0.3 is 5.11 Å². The van der Waals surface area contributed by atoms with Gasteiger partial charge in [0.15, 0.2) is 0 Å². The first kappa shape index (κ1) is 15.7. The number of rotatable bonds is 6. The molecule has 0 aromatic heterocycles. The van der Waals surface area contributed by atoms with Gasteiger partial charge in [0.2, 0.25) is 0 Å². The monoisotopic (exact) mass is 322 g/mol. The van der Waals surface area contributed by atoms with E-state index in [0.717, 1.165) is 12.8 Å². The van der Waals surface area contributed by atoms with Gasteiger partial charge in [0.1, 0.15) is 0 Å². The van der Waals surface area contributed by atoms with E-state index in [4.69, 9.17) is 16.7 Å². The van der Waals surface area contributed by atoms with Crippen molar-refractivity contribution in [3.63, 3.8) is 0 Å². The molecule has 1 unspecified atom stereocenters.